The minimum Gasteiger partial charge on any atom is -0.355 e. The number of benzene rings is 1. The van der Waals surface area contributed by atoms with Crippen molar-refractivity contribution in [3.8, 4) is 0 Å². The molecule has 0 aromatic heterocycles. The molecule has 1 aliphatic heterocycles. The normalized spacial score (nSPS) is 15.2. The lowest BCUT2D eigenvalue weighted by Gasteiger charge is -2.21. The smallest absolute Gasteiger partial charge is 0.254 e. The van der Waals surface area contributed by atoms with E-state index in [-0.39, 0.29) is 18.4 Å². The highest BCUT2D eigenvalue weighted by Crippen LogP contribution is 2.43. The molecule has 0 aliphatic carbocycles. The summed E-state index contributed by atoms with van der Waals surface area (Å²) in [6.45, 7) is 2.74. The zero-order valence-electron chi connectivity index (χ0n) is 13.7. The fraction of sp³-hybridized carbons (Fsp3) is 0.529. The van der Waals surface area contributed by atoms with E-state index in [0.717, 1.165) is 6.42 Å². The molecule has 2 amide bonds. The molecule has 23 heavy (non-hydrogen) atoms. The minimum atomic E-state index is -0.118. The molecule has 0 unspecified atom stereocenters. The number of carbonyl (C=O) groups excluding carboxylic acids is 2. The summed E-state index contributed by atoms with van der Waals surface area (Å²) in [7, 11) is 1.66. The van der Waals surface area contributed by atoms with E-state index in [2.05, 4.69) is 5.32 Å². The van der Waals surface area contributed by atoms with Gasteiger partial charge >= 0.3 is 0 Å². The van der Waals surface area contributed by atoms with Gasteiger partial charge in [0, 0.05) is 19.2 Å². The van der Waals surface area contributed by atoms with Crippen LogP contribution in [0.25, 0.3) is 0 Å². The number of hydrogen-bond donors (Lipinski definition) is 1. The first-order valence-electron chi connectivity index (χ1n) is 7.97. The summed E-state index contributed by atoms with van der Waals surface area (Å²) in [6, 6.07) is 7.81. The van der Waals surface area contributed by atoms with Gasteiger partial charge in [-0.15, -0.1) is 23.5 Å². The number of nitrogens with one attached hydrogen (secondary N) is 1. The van der Waals surface area contributed by atoms with Gasteiger partial charge in [-0.2, -0.15) is 0 Å². The largest absolute Gasteiger partial charge is 0.355 e. The molecule has 0 saturated carbocycles. The maximum Gasteiger partial charge on any atom is 0.254 e. The second-order valence-electron chi connectivity index (χ2n) is 5.56. The third-order valence-corrected chi connectivity index (χ3v) is 6.57. The summed E-state index contributed by atoms with van der Waals surface area (Å²) >= 11 is 3.94. The molecule has 0 spiro atoms. The van der Waals surface area contributed by atoms with Gasteiger partial charge in [0.25, 0.3) is 5.91 Å². The number of carbonyl (C=O) groups is 2. The molecular formula is C17H24N2O2S2. The average Bonchev–Trinajstić information content (AvgIpc) is 2.60. The Hall–Kier alpha value is -1.14. The van der Waals surface area contributed by atoms with Crippen molar-refractivity contribution in [1.82, 2.24) is 10.2 Å². The highest BCUT2D eigenvalue weighted by Gasteiger charge is 2.18. The number of thioether (sulfide) groups is 2. The van der Waals surface area contributed by atoms with Gasteiger partial charge in [-0.1, -0.05) is 19.1 Å². The van der Waals surface area contributed by atoms with Crippen molar-refractivity contribution in [2.45, 2.75) is 24.3 Å². The van der Waals surface area contributed by atoms with Crippen LogP contribution in [-0.2, 0) is 4.79 Å². The maximum absolute atomic E-state index is 12.4. The number of rotatable bonds is 6. The second kappa shape index (κ2) is 9.23. The van der Waals surface area contributed by atoms with Crippen LogP contribution in [-0.4, -0.2) is 48.4 Å². The van der Waals surface area contributed by atoms with Gasteiger partial charge < -0.3 is 10.2 Å². The molecule has 0 atom stereocenters. The van der Waals surface area contributed by atoms with E-state index in [1.54, 1.807) is 7.05 Å². The van der Waals surface area contributed by atoms with Gasteiger partial charge in [0.2, 0.25) is 5.91 Å². The molecule has 1 saturated heterocycles. The summed E-state index contributed by atoms with van der Waals surface area (Å²) in [5.74, 6) is 2.17. The highest BCUT2D eigenvalue weighted by atomic mass is 32.2. The molecule has 1 heterocycles. The molecule has 1 aliphatic rings. The van der Waals surface area contributed by atoms with Crippen LogP contribution >= 0.6 is 23.5 Å². The third kappa shape index (κ3) is 5.46. The Labute approximate surface area is 146 Å². The summed E-state index contributed by atoms with van der Waals surface area (Å²) in [5, 5.41) is 2.78. The minimum absolute atomic E-state index is 0.0922. The van der Waals surface area contributed by atoms with Crippen molar-refractivity contribution in [3.05, 3.63) is 35.4 Å². The van der Waals surface area contributed by atoms with E-state index in [1.807, 2.05) is 54.7 Å². The molecule has 0 bridgehead atoms. The SMILES string of the molecule is CCCNC(=O)CN(C)C(=O)c1ccc(C2SCCCS2)cc1. The number of likely N-dealkylation sites (N-methyl/N-ethyl adjacent to an activating group) is 1. The predicted molar refractivity (Wildman–Crippen MR) is 99.0 cm³/mol. The highest BCUT2D eigenvalue weighted by molar-refractivity contribution is 8.16. The Morgan fingerprint density at radius 1 is 1.22 bits per heavy atom. The summed E-state index contributed by atoms with van der Waals surface area (Å²) in [5.41, 5.74) is 1.89. The lowest BCUT2D eigenvalue weighted by Crippen LogP contribution is -2.38. The molecule has 0 radical (unpaired) electrons. The molecular weight excluding hydrogens is 328 g/mol. The fourth-order valence-electron chi connectivity index (χ4n) is 2.29. The van der Waals surface area contributed by atoms with Crippen LogP contribution in [0.2, 0.25) is 0 Å². The number of hydrogen-bond acceptors (Lipinski definition) is 4. The standard InChI is InChI=1S/C17H24N2O2S2/c1-3-9-18-15(20)12-19(2)16(21)13-5-7-14(8-6-13)17-22-10-4-11-23-17/h5-8,17H,3-4,9-12H2,1-2H3,(H,18,20). The van der Waals surface area contributed by atoms with E-state index in [0.29, 0.717) is 16.7 Å². The van der Waals surface area contributed by atoms with Crippen LogP contribution in [0.1, 0.15) is 40.3 Å². The summed E-state index contributed by atoms with van der Waals surface area (Å²) in [4.78, 5) is 25.5. The van der Waals surface area contributed by atoms with Crippen LogP contribution in [0, 0.1) is 0 Å². The van der Waals surface area contributed by atoms with Crippen molar-refractivity contribution in [1.29, 1.82) is 0 Å². The monoisotopic (exact) mass is 352 g/mol. The first-order chi connectivity index (χ1) is 11.1. The third-order valence-electron chi connectivity index (χ3n) is 3.56. The summed E-state index contributed by atoms with van der Waals surface area (Å²) < 4.78 is 0.477. The van der Waals surface area contributed by atoms with E-state index in [1.165, 1.54) is 28.4 Å². The lowest BCUT2D eigenvalue weighted by atomic mass is 10.1. The van der Waals surface area contributed by atoms with E-state index < -0.39 is 0 Å². The van der Waals surface area contributed by atoms with Crippen LogP contribution < -0.4 is 5.32 Å². The topological polar surface area (TPSA) is 49.4 Å². The van der Waals surface area contributed by atoms with Crippen LogP contribution in [0.4, 0.5) is 0 Å². The fourth-order valence-corrected chi connectivity index (χ4v) is 5.19. The van der Waals surface area contributed by atoms with Gasteiger partial charge in [0.15, 0.2) is 0 Å². The van der Waals surface area contributed by atoms with Gasteiger partial charge in [-0.3, -0.25) is 9.59 Å². The molecule has 6 heteroatoms. The van der Waals surface area contributed by atoms with Gasteiger partial charge in [0.05, 0.1) is 11.1 Å². The molecule has 126 valence electrons. The van der Waals surface area contributed by atoms with Crippen molar-refractivity contribution in [3.63, 3.8) is 0 Å². The Morgan fingerprint density at radius 3 is 2.48 bits per heavy atom. The molecule has 1 N–H and O–H groups in total. The zero-order chi connectivity index (χ0) is 16.7. The van der Waals surface area contributed by atoms with E-state index >= 15 is 0 Å². The molecule has 1 fully saturated rings. The zero-order valence-corrected chi connectivity index (χ0v) is 15.3. The Balaban J connectivity index is 1.92. The second-order valence-corrected chi connectivity index (χ2v) is 8.28. The van der Waals surface area contributed by atoms with Crippen molar-refractivity contribution < 1.29 is 9.59 Å². The van der Waals surface area contributed by atoms with E-state index in [9.17, 15) is 9.59 Å². The van der Waals surface area contributed by atoms with Crippen molar-refractivity contribution in [2.24, 2.45) is 0 Å². The van der Waals surface area contributed by atoms with Gasteiger partial charge in [-0.25, -0.2) is 0 Å². The lowest BCUT2D eigenvalue weighted by molar-refractivity contribution is -0.121. The van der Waals surface area contributed by atoms with Crippen LogP contribution in [0.15, 0.2) is 24.3 Å². The molecule has 4 nitrogen and oxygen atoms in total. The number of nitrogens with zero attached hydrogens (tertiary/aromatic N) is 1. The Morgan fingerprint density at radius 2 is 1.87 bits per heavy atom. The van der Waals surface area contributed by atoms with Gasteiger partial charge in [-0.05, 0) is 42.0 Å². The Bertz CT molecular complexity index is 528. The Kier molecular flexibility index (Phi) is 7.30. The van der Waals surface area contributed by atoms with Crippen molar-refractivity contribution in [2.75, 3.05) is 31.6 Å². The molecule has 1 aromatic rings. The number of amides is 2. The quantitative estimate of drug-likeness (QED) is 0.854. The summed E-state index contributed by atoms with van der Waals surface area (Å²) in [6.07, 6.45) is 2.16. The van der Waals surface area contributed by atoms with E-state index in [4.69, 9.17) is 0 Å². The van der Waals surface area contributed by atoms with Crippen LogP contribution in [0.3, 0.4) is 0 Å². The van der Waals surface area contributed by atoms with Gasteiger partial charge in [0.1, 0.15) is 0 Å². The first kappa shape index (κ1) is 18.2. The predicted octanol–water partition coefficient (Wildman–Crippen LogP) is 3.15. The average molecular weight is 353 g/mol. The van der Waals surface area contributed by atoms with Crippen molar-refractivity contribution >= 4 is 35.3 Å². The maximum atomic E-state index is 12.4. The van der Waals surface area contributed by atoms with Crippen LogP contribution in [0.5, 0.6) is 0 Å². The molecule has 1 aromatic carbocycles. The first-order valence-corrected chi connectivity index (χ1v) is 10.1. The molecule has 2 rings (SSSR count).